The summed E-state index contributed by atoms with van der Waals surface area (Å²) in [6.07, 6.45) is 1.87. The largest absolute Gasteiger partial charge is 0.383 e. The van der Waals surface area contributed by atoms with E-state index in [9.17, 15) is 4.79 Å². The maximum Gasteiger partial charge on any atom is 0.253 e. The van der Waals surface area contributed by atoms with Crippen LogP contribution in [0.4, 0.5) is 0 Å². The second kappa shape index (κ2) is 5.23. The number of amides is 1. The van der Waals surface area contributed by atoms with E-state index in [1.54, 1.807) is 19.1 Å². The van der Waals surface area contributed by atoms with Gasteiger partial charge >= 0.3 is 0 Å². The lowest BCUT2D eigenvalue weighted by Crippen LogP contribution is -2.37. The van der Waals surface area contributed by atoms with Gasteiger partial charge in [-0.1, -0.05) is 0 Å². The highest BCUT2D eigenvalue weighted by atomic mass is 16.5. The molecule has 1 atom stereocenters. The fourth-order valence-electron chi connectivity index (χ4n) is 1.94. The Morgan fingerprint density at radius 1 is 1.44 bits per heavy atom. The Bertz CT molecular complexity index is 547. The molecule has 4 heteroatoms. The summed E-state index contributed by atoms with van der Waals surface area (Å²) in [5.41, 5.74) is 1.74. The Balaban J connectivity index is 2.21. The van der Waals surface area contributed by atoms with Gasteiger partial charge in [-0.25, -0.2) is 0 Å². The third-order valence-corrected chi connectivity index (χ3v) is 3.19. The van der Waals surface area contributed by atoms with Gasteiger partial charge in [0.1, 0.15) is 0 Å². The average Bonchev–Trinajstić information content (AvgIpc) is 2.84. The van der Waals surface area contributed by atoms with Crippen molar-refractivity contribution in [2.24, 2.45) is 0 Å². The van der Waals surface area contributed by atoms with E-state index in [4.69, 9.17) is 4.74 Å². The number of benzene rings is 1. The lowest BCUT2D eigenvalue weighted by atomic mass is 10.1. The summed E-state index contributed by atoms with van der Waals surface area (Å²) in [6, 6.07) is 7.70. The van der Waals surface area contributed by atoms with Gasteiger partial charge in [0.05, 0.1) is 12.6 Å². The standard InChI is InChI=1S/C14H18N2O2/c1-10(9-18-3)16(2)14(17)12-4-5-13-11(8-12)6-7-15-13/h4-8,10,15H,9H2,1-3H3. The number of aromatic nitrogens is 1. The second-order valence-electron chi connectivity index (χ2n) is 4.50. The molecule has 96 valence electrons. The number of methoxy groups -OCH3 is 1. The van der Waals surface area contributed by atoms with E-state index in [-0.39, 0.29) is 11.9 Å². The van der Waals surface area contributed by atoms with Gasteiger partial charge in [0, 0.05) is 36.8 Å². The van der Waals surface area contributed by atoms with Crippen LogP contribution in [-0.4, -0.2) is 42.6 Å². The topological polar surface area (TPSA) is 45.3 Å². The van der Waals surface area contributed by atoms with Gasteiger partial charge in [-0.05, 0) is 31.2 Å². The van der Waals surface area contributed by atoms with Crippen molar-refractivity contribution in [3.8, 4) is 0 Å². The highest BCUT2D eigenvalue weighted by molar-refractivity contribution is 5.98. The highest BCUT2D eigenvalue weighted by Crippen LogP contribution is 2.16. The van der Waals surface area contributed by atoms with Gasteiger partial charge in [-0.15, -0.1) is 0 Å². The quantitative estimate of drug-likeness (QED) is 0.899. The van der Waals surface area contributed by atoms with Crippen LogP contribution >= 0.6 is 0 Å². The molecule has 1 unspecified atom stereocenters. The van der Waals surface area contributed by atoms with Crippen LogP contribution < -0.4 is 0 Å². The normalized spacial score (nSPS) is 12.6. The molecule has 0 spiro atoms. The molecule has 0 aliphatic heterocycles. The van der Waals surface area contributed by atoms with E-state index in [2.05, 4.69) is 4.98 Å². The molecule has 0 radical (unpaired) electrons. The second-order valence-corrected chi connectivity index (χ2v) is 4.50. The molecule has 4 nitrogen and oxygen atoms in total. The molecule has 0 bridgehead atoms. The first-order valence-electron chi connectivity index (χ1n) is 5.96. The number of aromatic amines is 1. The third kappa shape index (κ3) is 2.38. The molecule has 0 saturated carbocycles. The van der Waals surface area contributed by atoms with Crippen molar-refractivity contribution in [3.63, 3.8) is 0 Å². The Kier molecular flexibility index (Phi) is 3.67. The Morgan fingerprint density at radius 2 is 2.22 bits per heavy atom. The summed E-state index contributed by atoms with van der Waals surface area (Å²) < 4.78 is 5.07. The third-order valence-electron chi connectivity index (χ3n) is 3.19. The van der Waals surface area contributed by atoms with Gasteiger partial charge in [-0.3, -0.25) is 4.79 Å². The molecule has 18 heavy (non-hydrogen) atoms. The SMILES string of the molecule is COCC(C)N(C)C(=O)c1ccc2[nH]ccc2c1. The zero-order valence-corrected chi connectivity index (χ0v) is 10.9. The molecular formula is C14H18N2O2. The lowest BCUT2D eigenvalue weighted by molar-refractivity contribution is 0.0633. The number of nitrogens with zero attached hydrogens (tertiary/aromatic N) is 1. The minimum absolute atomic E-state index is 0.0163. The number of H-pyrrole nitrogens is 1. The lowest BCUT2D eigenvalue weighted by Gasteiger charge is -2.24. The van der Waals surface area contributed by atoms with Gasteiger partial charge < -0.3 is 14.6 Å². The number of carbonyl (C=O) groups excluding carboxylic acids is 1. The fourth-order valence-corrected chi connectivity index (χ4v) is 1.94. The van der Waals surface area contributed by atoms with Crippen LogP contribution in [0.1, 0.15) is 17.3 Å². The van der Waals surface area contributed by atoms with Gasteiger partial charge in [0.15, 0.2) is 0 Å². The van der Waals surface area contributed by atoms with E-state index >= 15 is 0 Å². The number of hydrogen-bond acceptors (Lipinski definition) is 2. The average molecular weight is 246 g/mol. The molecule has 0 aliphatic rings. The minimum Gasteiger partial charge on any atom is -0.383 e. The smallest absolute Gasteiger partial charge is 0.253 e. The van der Waals surface area contributed by atoms with Crippen molar-refractivity contribution >= 4 is 16.8 Å². The molecular weight excluding hydrogens is 228 g/mol. The van der Waals surface area contributed by atoms with Gasteiger partial charge in [0.2, 0.25) is 0 Å². The Morgan fingerprint density at radius 3 is 2.94 bits per heavy atom. The molecule has 1 amide bonds. The molecule has 2 aromatic rings. The fraction of sp³-hybridized carbons (Fsp3) is 0.357. The first kappa shape index (κ1) is 12.6. The summed E-state index contributed by atoms with van der Waals surface area (Å²) in [5.74, 6) is 0.0163. The number of hydrogen-bond donors (Lipinski definition) is 1. The summed E-state index contributed by atoms with van der Waals surface area (Å²) in [7, 11) is 3.44. The van der Waals surface area contributed by atoms with Crippen LogP contribution in [-0.2, 0) is 4.74 Å². The first-order chi connectivity index (χ1) is 8.63. The zero-order chi connectivity index (χ0) is 13.1. The molecule has 2 rings (SSSR count). The van der Waals surface area contributed by atoms with Crippen LogP contribution in [0.2, 0.25) is 0 Å². The summed E-state index contributed by atoms with van der Waals surface area (Å²) in [6.45, 7) is 2.50. The van der Waals surface area contributed by atoms with Crippen LogP contribution in [0.3, 0.4) is 0 Å². The molecule has 1 heterocycles. The number of nitrogens with one attached hydrogen (secondary N) is 1. The zero-order valence-electron chi connectivity index (χ0n) is 10.9. The van der Waals surface area contributed by atoms with E-state index in [0.717, 1.165) is 10.9 Å². The van der Waals surface area contributed by atoms with Crippen LogP contribution in [0, 0.1) is 0 Å². The number of carbonyl (C=O) groups is 1. The monoisotopic (exact) mass is 246 g/mol. The highest BCUT2D eigenvalue weighted by Gasteiger charge is 2.17. The van der Waals surface area contributed by atoms with E-state index in [0.29, 0.717) is 12.2 Å². The van der Waals surface area contributed by atoms with E-state index in [1.807, 2.05) is 37.4 Å². The van der Waals surface area contributed by atoms with Crippen molar-refractivity contribution < 1.29 is 9.53 Å². The molecule has 0 fully saturated rings. The van der Waals surface area contributed by atoms with Gasteiger partial charge in [-0.2, -0.15) is 0 Å². The predicted molar refractivity (Wildman–Crippen MR) is 71.7 cm³/mol. The number of fused-ring (bicyclic) bond motifs is 1. The van der Waals surface area contributed by atoms with Crippen LogP contribution in [0.5, 0.6) is 0 Å². The number of ether oxygens (including phenoxy) is 1. The van der Waals surface area contributed by atoms with Crippen molar-refractivity contribution in [2.45, 2.75) is 13.0 Å². The van der Waals surface area contributed by atoms with Crippen molar-refractivity contribution in [1.29, 1.82) is 0 Å². The van der Waals surface area contributed by atoms with E-state index in [1.165, 1.54) is 0 Å². The van der Waals surface area contributed by atoms with Gasteiger partial charge in [0.25, 0.3) is 5.91 Å². The van der Waals surface area contributed by atoms with E-state index < -0.39 is 0 Å². The Labute approximate surface area is 107 Å². The Hall–Kier alpha value is -1.81. The number of rotatable bonds is 4. The maximum atomic E-state index is 12.3. The summed E-state index contributed by atoms with van der Waals surface area (Å²) >= 11 is 0. The van der Waals surface area contributed by atoms with Crippen molar-refractivity contribution in [3.05, 3.63) is 36.0 Å². The molecule has 1 aromatic heterocycles. The molecule has 0 aliphatic carbocycles. The molecule has 1 aromatic carbocycles. The molecule has 0 saturated heterocycles. The maximum absolute atomic E-state index is 12.3. The minimum atomic E-state index is 0.0163. The first-order valence-corrected chi connectivity index (χ1v) is 5.96. The van der Waals surface area contributed by atoms with Crippen LogP contribution in [0.25, 0.3) is 10.9 Å². The van der Waals surface area contributed by atoms with Crippen molar-refractivity contribution in [2.75, 3.05) is 20.8 Å². The number of likely N-dealkylation sites (N-methyl/N-ethyl adjacent to an activating group) is 1. The van der Waals surface area contributed by atoms with Crippen molar-refractivity contribution in [1.82, 2.24) is 9.88 Å². The summed E-state index contributed by atoms with van der Waals surface area (Å²) in [4.78, 5) is 17.1. The summed E-state index contributed by atoms with van der Waals surface area (Å²) in [5, 5.41) is 1.05. The molecule has 1 N–H and O–H groups in total. The predicted octanol–water partition coefficient (Wildman–Crippen LogP) is 2.27. The van der Waals surface area contributed by atoms with Crippen LogP contribution in [0.15, 0.2) is 30.5 Å².